The molecular formula is C33H47F13O2. The highest BCUT2D eigenvalue weighted by Crippen LogP contribution is 2.68. The third-order valence-corrected chi connectivity index (χ3v) is 14.1. The molecule has 15 heteroatoms. The largest absolute Gasteiger partial charge is 0.402 e. The van der Waals surface area contributed by atoms with Crippen LogP contribution in [0.1, 0.15) is 82.1 Å². The molecule has 4 aliphatic heterocycles. The van der Waals surface area contributed by atoms with Crippen LogP contribution in [0.5, 0.6) is 0 Å². The van der Waals surface area contributed by atoms with Gasteiger partial charge >= 0.3 is 18.5 Å². The maximum Gasteiger partial charge on any atom is 0.402 e. The molecule has 0 amide bonds. The minimum Gasteiger partial charge on any atom is -0.367 e. The van der Waals surface area contributed by atoms with E-state index in [0.29, 0.717) is 31.6 Å². The Labute approximate surface area is 273 Å². The number of halogens is 13. The Morgan fingerprint density at radius 3 is 1.08 bits per heavy atom. The van der Waals surface area contributed by atoms with Crippen molar-refractivity contribution in [2.45, 2.75) is 137 Å². The van der Waals surface area contributed by atoms with E-state index in [0.717, 1.165) is 12.8 Å². The molecule has 6 aliphatic rings. The van der Waals surface area contributed by atoms with E-state index >= 15 is 0 Å². The summed E-state index contributed by atoms with van der Waals surface area (Å²) < 4.78 is 181. The van der Waals surface area contributed by atoms with Crippen LogP contribution in [0.2, 0.25) is 0 Å². The molecule has 4 saturated heterocycles. The van der Waals surface area contributed by atoms with Gasteiger partial charge in [-0.05, 0) is 80.0 Å². The summed E-state index contributed by atoms with van der Waals surface area (Å²) in [7, 11) is 0. The lowest BCUT2D eigenvalue weighted by atomic mass is 9.64. The van der Waals surface area contributed by atoms with E-state index in [1.165, 1.54) is 41.5 Å². The van der Waals surface area contributed by atoms with Crippen LogP contribution in [0.25, 0.3) is 0 Å². The minimum absolute atomic E-state index is 0.163. The fraction of sp³-hybridized carbons (Fsp3) is 1.00. The van der Waals surface area contributed by atoms with Gasteiger partial charge in [0.25, 0.3) is 11.8 Å². The topological polar surface area (TPSA) is 18.5 Å². The quantitative estimate of drug-likeness (QED) is 0.251. The summed E-state index contributed by atoms with van der Waals surface area (Å²) >= 11 is 0. The smallest absolute Gasteiger partial charge is 0.367 e. The van der Waals surface area contributed by atoms with Crippen LogP contribution in [0.15, 0.2) is 0 Å². The molecule has 2 nitrogen and oxygen atoms in total. The molecule has 282 valence electrons. The Morgan fingerprint density at radius 2 is 0.833 bits per heavy atom. The zero-order valence-corrected chi connectivity index (χ0v) is 28.6. The van der Waals surface area contributed by atoms with E-state index in [-0.39, 0.29) is 11.8 Å². The molecule has 6 bridgehead atoms. The van der Waals surface area contributed by atoms with Crippen LogP contribution in [0, 0.1) is 69.5 Å². The van der Waals surface area contributed by atoms with E-state index in [1.807, 2.05) is 0 Å². The number of rotatable bonds is 1. The van der Waals surface area contributed by atoms with Gasteiger partial charge < -0.3 is 9.47 Å². The third kappa shape index (κ3) is 5.16. The second kappa shape index (κ2) is 11.5. The summed E-state index contributed by atoms with van der Waals surface area (Å²) in [5, 5.41) is 0. The van der Waals surface area contributed by atoms with Gasteiger partial charge in [-0.15, -0.1) is 0 Å². The van der Waals surface area contributed by atoms with Gasteiger partial charge in [0, 0.05) is 0 Å². The fourth-order valence-electron chi connectivity index (χ4n) is 9.72. The lowest BCUT2D eigenvalue weighted by molar-refractivity contribution is -0.302. The molecular weight excluding hydrogens is 675 g/mol. The molecule has 6 rings (SSSR count). The van der Waals surface area contributed by atoms with Gasteiger partial charge in [0.2, 0.25) is 0 Å². The Balaban J connectivity index is 0.000000163. The van der Waals surface area contributed by atoms with Crippen molar-refractivity contribution in [2.75, 3.05) is 0 Å². The van der Waals surface area contributed by atoms with Crippen LogP contribution >= 0.6 is 0 Å². The number of fused-ring (bicyclic) bond motifs is 6. The van der Waals surface area contributed by atoms with Crippen LogP contribution in [-0.2, 0) is 9.47 Å². The van der Waals surface area contributed by atoms with Crippen molar-refractivity contribution < 1.29 is 66.5 Å². The van der Waals surface area contributed by atoms with E-state index < -0.39 is 94.7 Å². The lowest BCUT2D eigenvalue weighted by Gasteiger charge is -2.43. The molecule has 0 radical (unpaired) electrons. The van der Waals surface area contributed by atoms with Crippen molar-refractivity contribution in [2.24, 2.45) is 69.5 Å². The van der Waals surface area contributed by atoms with Crippen molar-refractivity contribution in [3.8, 4) is 0 Å². The Bertz CT molecular complexity index is 1130. The average Bonchev–Trinajstić information content (AvgIpc) is 3.72. The van der Waals surface area contributed by atoms with E-state index in [9.17, 15) is 57.1 Å². The van der Waals surface area contributed by atoms with Crippen molar-refractivity contribution >= 4 is 0 Å². The maximum atomic E-state index is 13.8. The standard InChI is InChI=1S/C13H21F3.2C10H13F5O/c1-7-8(2)10-5-9(7)6-11(10)12(3,4)13(14,15)16;2*1-4-5(2)7-9(11,12)8(3,6(4)16-7)10(13,14)15/h7-11H,5-6H2,1-4H3;2*4-7H,1-3H3. The maximum absolute atomic E-state index is 13.8. The molecule has 0 aromatic carbocycles. The molecule has 2 saturated carbocycles. The summed E-state index contributed by atoms with van der Waals surface area (Å²) in [6.45, 7) is 14.3. The summed E-state index contributed by atoms with van der Waals surface area (Å²) in [6, 6.07) is 0. The average molecular weight is 723 g/mol. The van der Waals surface area contributed by atoms with E-state index in [2.05, 4.69) is 13.8 Å². The van der Waals surface area contributed by atoms with Gasteiger partial charge in [-0.25, -0.2) is 17.6 Å². The van der Waals surface area contributed by atoms with Crippen molar-refractivity contribution in [3.63, 3.8) is 0 Å². The molecule has 0 N–H and O–H groups in total. The second-order valence-electron chi connectivity index (χ2n) is 16.5. The number of alkyl halides is 13. The summed E-state index contributed by atoms with van der Waals surface area (Å²) in [4.78, 5) is 0. The first kappa shape index (κ1) is 39.8. The monoisotopic (exact) mass is 722 g/mol. The van der Waals surface area contributed by atoms with Crippen molar-refractivity contribution in [1.29, 1.82) is 0 Å². The lowest BCUT2D eigenvalue weighted by Crippen LogP contribution is -2.60. The summed E-state index contributed by atoms with van der Waals surface area (Å²) in [5.41, 5.74) is -7.63. The SMILES string of the molecule is CC1C(C)C2OC1C(F)(F)C2(C)C(F)(F)F.CC1C(C)C2OC1C(F)(F)C2(C)C(F)(F)F.CC1C2CC(C1C)C(C(C)(C)C(F)(F)F)C2. The predicted octanol–water partition coefficient (Wildman–Crippen LogP) is 11.0. The number of hydrogen-bond donors (Lipinski definition) is 0. The van der Waals surface area contributed by atoms with Crippen LogP contribution < -0.4 is 0 Å². The summed E-state index contributed by atoms with van der Waals surface area (Å²) in [5.74, 6) is -8.05. The molecule has 0 spiro atoms. The van der Waals surface area contributed by atoms with Crippen molar-refractivity contribution in [1.82, 2.24) is 0 Å². The van der Waals surface area contributed by atoms with Crippen LogP contribution in [0.4, 0.5) is 57.1 Å². The molecule has 15 unspecified atom stereocenters. The summed E-state index contributed by atoms with van der Waals surface area (Å²) in [6.07, 6.45) is -18.3. The normalized spacial score (nSPS) is 48.7. The van der Waals surface area contributed by atoms with E-state index in [1.54, 1.807) is 0 Å². The van der Waals surface area contributed by atoms with E-state index in [4.69, 9.17) is 9.47 Å². The Hall–Kier alpha value is -0.990. The molecule has 48 heavy (non-hydrogen) atoms. The fourth-order valence-corrected chi connectivity index (χ4v) is 9.72. The van der Waals surface area contributed by atoms with Gasteiger partial charge in [-0.2, -0.15) is 39.5 Å². The van der Waals surface area contributed by atoms with Gasteiger partial charge in [0.05, 0.1) is 17.6 Å². The first-order valence-corrected chi connectivity index (χ1v) is 16.5. The highest BCUT2D eigenvalue weighted by atomic mass is 19.4. The highest BCUT2D eigenvalue weighted by molar-refractivity contribution is 5.18. The first-order valence-electron chi connectivity index (χ1n) is 16.5. The molecule has 4 heterocycles. The highest BCUT2D eigenvalue weighted by Gasteiger charge is 2.83. The molecule has 6 fully saturated rings. The molecule has 0 aromatic heterocycles. The predicted molar refractivity (Wildman–Crippen MR) is 150 cm³/mol. The van der Waals surface area contributed by atoms with Gasteiger partial charge in [0.1, 0.15) is 12.2 Å². The number of hydrogen-bond acceptors (Lipinski definition) is 2. The molecule has 0 aromatic rings. The zero-order chi connectivity index (χ0) is 37.3. The third-order valence-electron chi connectivity index (χ3n) is 14.1. The Morgan fingerprint density at radius 1 is 0.500 bits per heavy atom. The second-order valence-corrected chi connectivity index (χ2v) is 16.5. The van der Waals surface area contributed by atoms with Gasteiger partial charge in [-0.3, -0.25) is 0 Å². The zero-order valence-electron chi connectivity index (χ0n) is 28.6. The number of ether oxygens (including phenoxy) is 2. The van der Waals surface area contributed by atoms with Gasteiger partial charge in [-0.1, -0.05) is 55.4 Å². The van der Waals surface area contributed by atoms with Crippen LogP contribution in [0.3, 0.4) is 0 Å². The first-order chi connectivity index (χ1) is 21.3. The van der Waals surface area contributed by atoms with Crippen LogP contribution in [-0.4, -0.2) is 54.8 Å². The molecule has 2 aliphatic carbocycles. The minimum atomic E-state index is -4.95. The van der Waals surface area contributed by atoms with Crippen molar-refractivity contribution in [3.05, 3.63) is 0 Å². The van der Waals surface area contributed by atoms with Gasteiger partial charge in [0.15, 0.2) is 10.8 Å². The Kier molecular flexibility index (Phi) is 9.54. The molecule has 15 atom stereocenters.